The third-order valence-electron chi connectivity index (χ3n) is 5.25. The first-order valence-corrected chi connectivity index (χ1v) is 11.0. The van der Waals surface area contributed by atoms with E-state index >= 15 is 0 Å². The summed E-state index contributed by atoms with van der Waals surface area (Å²) in [6, 6.07) is 13.2. The van der Waals surface area contributed by atoms with Gasteiger partial charge in [0.15, 0.2) is 0 Å². The Kier molecular flexibility index (Phi) is 5.00. The first-order chi connectivity index (χ1) is 14.3. The lowest BCUT2D eigenvalue weighted by atomic mass is 9.94. The molecule has 0 saturated heterocycles. The van der Waals surface area contributed by atoms with Crippen LogP contribution in [0.15, 0.2) is 64.8 Å². The number of pyridine rings is 1. The summed E-state index contributed by atoms with van der Waals surface area (Å²) < 4.78 is 25.2. The van der Waals surface area contributed by atoms with Gasteiger partial charge in [-0.15, -0.1) is 0 Å². The van der Waals surface area contributed by atoms with Crippen LogP contribution in [-0.4, -0.2) is 24.2 Å². The summed E-state index contributed by atoms with van der Waals surface area (Å²) in [5.74, 6) is -0.229. The van der Waals surface area contributed by atoms with E-state index in [1.54, 1.807) is 30.3 Å². The normalized spacial score (nSPS) is 14.3. The first-order valence-electron chi connectivity index (χ1n) is 9.49. The lowest BCUT2D eigenvalue weighted by molar-refractivity contribution is 0.414. The maximum absolute atomic E-state index is 13.3. The number of rotatable bonds is 6. The van der Waals surface area contributed by atoms with Crippen molar-refractivity contribution in [1.82, 2.24) is 4.68 Å². The Morgan fingerprint density at radius 3 is 2.47 bits per heavy atom. The van der Waals surface area contributed by atoms with Gasteiger partial charge in [0.05, 0.1) is 11.2 Å². The van der Waals surface area contributed by atoms with Gasteiger partial charge in [-0.05, 0) is 43.5 Å². The molecule has 5 N–H and O–H groups in total. The minimum absolute atomic E-state index is 0.0512. The van der Waals surface area contributed by atoms with Crippen molar-refractivity contribution in [3.63, 3.8) is 0 Å². The summed E-state index contributed by atoms with van der Waals surface area (Å²) >= 11 is 0. The van der Waals surface area contributed by atoms with Gasteiger partial charge in [-0.3, -0.25) is 4.79 Å². The molecule has 0 bridgehead atoms. The molecule has 0 unspecified atom stereocenters. The van der Waals surface area contributed by atoms with Crippen LogP contribution >= 0.6 is 0 Å². The zero-order chi connectivity index (χ0) is 21.5. The highest BCUT2D eigenvalue weighted by Crippen LogP contribution is 2.32. The van der Waals surface area contributed by atoms with Crippen LogP contribution in [0.5, 0.6) is 5.75 Å². The number of aromatic nitrogens is 1. The molecule has 0 amide bonds. The molecule has 3 aromatic rings. The van der Waals surface area contributed by atoms with Gasteiger partial charge in [-0.2, -0.15) is 0 Å². The Hall–Kier alpha value is -3.30. The zero-order valence-electron chi connectivity index (χ0n) is 16.1. The Morgan fingerprint density at radius 1 is 1.13 bits per heavy atom. The van der Waals surface area contributed by atoms with Crippen molar-refractivity contribution in [3.05, 3.63) is 71.0 Å². The summed E-state index contributed by atoms with van der Waals surface area (Å²) in [4.78, 5) is 13.1. The van der Waals surface area contributed by atoms with Crippen LogP contribution in [0.1, 0.15) is 24.8 Å². The van der Waals surface area contributed by atoms with Crippen LogP contribution in [0, 0.1) is 0 Å². The predicted molar refractivity (Wildman–Crippen MR) is 117 cm³/mol. The SMILES string of the molecule is C=C(Nc1ccccc1S(N)(=O)=O)c1c(O)c2ccccc2n(NC2CCC2)c1=O. The molecule has 156 valence electrons. The van der Waals surface area contributed by atoms with Crippen molar-refractivity contribution in [3.8, 4) is 5.75 Å². The number of hydrogen-bond donors (Lipinski definition) is 4. The molecule has 1 heterocycles. The van der Waals surface area contributed by atoms with Crippen LogP contribution in [0.4, 0.5) is 5.69 Å². The summed E-state index contributed by atoms with van der Waals surface area (Å²) in [6.07, 6.45) is 3.00. The van der Waals surface area contributed by atoms with Gasteiger partial charge in [-0.25, -0.2) is 18.2 Å². The summed E-state index contributed by atoms with van der Waals surface area (Å²) in [5.41, 5.74) is 3.46. The molecule has 1 aromatic heterocycles. The molecule has 0 atom stereocenters. The number of hydrogen-bond acceptors (Lipinski definition) is 6. The van der Waals surface area contributed by atoms with Crippen LogP contribution in [0.3, 0.4) is 0 Å². The van der Waals surface area contributed by atoms with Gasteiger partial charge >= 0.3 is 0 Å². The second kappa shape index (κ2) is 7.51. The highest BCUT2D eigenvalue weighted by Gasteiger charge is 2.23. The number of fused-ring (bicyclic) bond motifs is 1. The van der Waals surface area contributed by atoms with Crippen LogP contribution in [-0.2, 0) is 10.0 Å². The number of nitrogens with one attached hydrogen (secondary N) is 2. The molecular weight excluding hydrogens is 404 g/mol. The second-order valence-electron chi connectivity index (χ2n) is 7.28. The molecule has 4 rings (SSSR count). The summed E-state index contributed by atoms with van der Waals surface area (Å²) in [6.45, 7) is 3.88. The van der Waals surface area contributed by atoms with Crippen molar-refractivity contribution < 1.29 is 13.5 Å². The fraction of sp³-hybridized carbons (Fsp3) is 0.190. The predicted octanol–water partition coefficient (Wildman–Crippen LogP) is 2.53. The molecule has 1 saturated carbocycles. The average molecular weight is 426 g/mol. The molecule has 1 aliphatic carbocycles. The van der Waals surface area contributed by atoms with E-state index in [0.717, 1.165) is 19.3 Å². The minimum Gasteiger partial charge on any atom is -0.506 e. The molecule has 2 aromatic carbocycles. The third kappa shape index (κ3) is 3.53. The van der Waals surface area contributed by atoms with Gasteiger partial charge in [0.2, 0.25) is 10.0 Å². The number of primary sulfonamides is 1. The van der Waals surface area contributed by atoms with Gasteiger partial charge < -0.3 is 15.8 Å². The molecule has 8 nitrogen and oxygen atoms in total. The topological polar surface area (TPSA) is 126 Å². The second-order valence-corrected chi connectivity index (χ2v) is 8.81. The minimum atomic E-state index is -4.00. The number of aromatic hydroxyl groups is 1. The number of nitrogens with zero attached hydrogens (tertiary/aromatic N) is 1. The van der Waals surface area contributed by atoms with Gasteiger partial charge in [0.25, 0.3) is 5.56 Å². The number of nitrogens with two attached hydrogens (primary N) is 1. The van der Waals surface area contributed by atoms with Gasteiger partial charge in [0, 0.05) is 17.1 Å². The molecule has 9 heteroatoms. The number of sulfonamides is 1. The molecule has 0 aliphatic heterocycles. The van der Waals surface area contributed by atoms with Crippen molar-refractivity contribution in [2.24, 2.45) is 5.14 Å². The smallest absolute Gasteiger partial charge is 0.282 e. The van der Waals surface area contributed by atoms with Crippen LogP contribution in [0.25, 0.3) is 16.6 Å². The maximum atomic E-state index is 13.3. The standard InChI is InChI=1S/C21H22N4O4S/c1-13(23-16-10-3-5-12-18(16)30(22,28)29)19-20(26)15-9-2-4-11-17(15)25(21(19)27)24-14-7-6-8-14/h2-5,9-12,14,23-24,26H,1,6-8H2,(H2,22,28,29). The largest absolute Gasteiger partial charge is 0.506 e. The lowest BCUT2D eigenvalue weighted by Gasteiger charge is -2.29. The molecule has 0 radical (unpaired) electrons. The highest BCUT2D eigenvalue weighted by atomic mass is 32.2. The number of benzene rings is 2. The van der Waals surface area contributed by atoms with E-state index in [-0.39, 0.29) is 33.6 Å². The van der Waals surface area contributed by atoms with E-state index < -0.39 is 15.6 Å². The lowest BCUT2D eigenvalue weighted by Crippen LogP contribution is -2.40. The summed E-state index contributed by atoms with van der Waals surface area (Å²) in [7, 11) is -4.00. The van der Waals surface area contributed by atoms with E-state index in [2.05, 4.69) is 17.3 Å². The molecule has 1 fully saturated rings. The van der Waals surface area contributed by atoms with Crippen molar-refractivity contribution in [1.29, 1.82) is 0 Å². The van der Waals surface area contributed by atoms with E-state index in [9.17, 15) is 18.3 Å². The van der Waals surface area contributed by atoms with Gasteiger partial charge in [0.1, 0.15) is 16.2 Å². The van der Waals surface area contributed by atoms with Crippen LogP contribution < -0.4 is 21.4 Å². The Balaban J connectivity index is 1.83. The molecule has 30 heavy (non-hydrogen) atoms. The fourth-order valence-electron chi connectivity index (χ4n) is 3.49. The van der Waals surface area contributed by atoms with E-state index in [0.29, 0.717) is 10.9 Å². The summed E-state index contributed by atoms with van der Waals surface area (Å²) in [5, 5.41) is 19.4. The van der Waals surface area contributed by atoms with Gasteiger partial charge in [-0.1, -0.05) is 30.8 Å². The first kappa shape index (κ1) is 20.0. The Labute approximate surface area is 173 Å². The number of para-hydroxylation sites is 2. The quantitative estimate of drug-likeness (QED) is 0.480. The number of anilines is 1. The highest BCUT2D eigenvalue weighted by molar-refractivity contribution is 7.89. The van der Waals surface area contributed by atoms with E-state index in [4.69, 9.17) is 5.14 Å². The molecular formula is C21H22N4O4S. The van der Waals surface area contributed by atoms with Crippen molar-refractivity contribution >= 4 is 32.3 Å². The van der Waals surface area contributed by atoms with Crippen LogP contribution in [0.2, 0.25) is 0 Å². The Morgan fingerprint density at radius 2 is 1.80 bits per heavy atom. The zero-order valence-corrected chi connectivity index (χ0v) is 16.9. The third-order valence-corrected chi connectivity index (χ3v) is 6.22. The Bertz CT molecular complexity index is 1310. The maximum Gasteiger partial charge on any atom is 0.282 e. The van der Waals surface area contributed by atoms with E-state index in [1.165, 1.54) is 22.9 Å². The average Bonchev–Trinajstić information content (AvgIpc) is 2.66. The van der Waals surface area contributed by atoms with Crippen molar-refractivity contribution in [2.75, 3.05) is 10.7 Å². The molecule has 0 spiro atoms. The monoisotopic (exact) mass is 426 g/mol. The van der Waals surface area contributed by atoms with E-state index in [1.807, 2.05) is 0 Å². The van der Waals surface area contributed by atoms with Crippen molar-refractivity contribution in [2.45, 2.75) is 30.2 Å². The fourth-order valence-corrected chi connectivity index (χ4v) is 4.18. The molecule has 1 aliphatic rings.